The SMILES string of the molecule is NC(CC(=O)NCCC(=O)N1CCCC1)c1ccccc1. The first-order valence-electron chi connectivity index (χ1n) is 7.52. The summed E-state index contributed by atoms with van der Waals surface area (Å²) in [7, 11) is 0. The number of hydrogen-bond donors (Lipinski definition) is 2. The molecule has 3 N–H and O–H groups in total. The Morgan fingerprint density at radius 3 is 2.52 bits per heavy atom. The summed E-state index contributed by atoms with van der Waals surface area (Å²) in [4.78, 5) is 25.5. The Labute approximate surface area is 125 Å². The van der Waals surface area contributed by atoms with Crippen molar-refractivity contribution < 1.29 is 9.59 Å². The van der Waals surface area contributed by atoms with E-state index in [1.807, 2.05) is 35.2 Å². The van der Waals surface area contributed by atoms with Crippen molar-refractivity contribution in [1.29, 1.82) is 0 Å². The molecule has 114 valence electrons. The second-order valence-electron chi connectivity index (χ2n) is 5.41. The highest BCUT2D eigenvalue weighted by Crippen LogP contribution is 2.13. The van der Waals surface area contributed by atoms with E-state index < -0.39 is 0 Å². The fraction of sp³-hybridized carbons (Fsp3) is 0.500. The lowest BCUT2D eigenvalue weighted by molar-refractivity contribution is -0.130. The Kier molecular flexibility index (Phi) is 5.75. The zero-order chi connectivity index (χ0) is 15.1. The number of benzene rings is 1. The number of nitrogens with two attached hydrogens (primary N) is 1. The van der Waals surface area contributed by atoms with E-state index in [1.165, 1.54) is 0 Å². The normalized spacial score (nSPS) is 15.8. The van der Waals surface area contributed by atoms with Crippen molar-refractivity contribution in [1.82, 2.24) is 10.2 Å². The van der Waals surface area contributed by atoms with E-state index in [4.69, 9.17) is 5.73 Å². The van der Waals surface area contributed by atoms with Crippen LogP contribution in [0.1, 0.15) is 37.3 Å². The summed E-state index contributed by atoms with van der Waals surface area (Å²) < 4.78 is 0. The second kappa shape index (κ2) is 7.78. The van der Waals surface area contributed by atoms with Gasteiger partial charge in [0.15, 0.2) is 0 Å². The minimum atomic E-state index is -0.305. The molecule has 0 bridgehead atoms. The molecule has 2 rings (SSSR count). The lowest BCUT2D eigenvalue weighted by Gasteiger charge is -2.16. The van der Waals surface area contributed by atoms with Crippen molar-refractivity contribution in [2.24, 2.45) is 5.73 Å². The number of amides is 2. The summed E-state index contributed by atoms with van der Waals surface area (Å²) in [5.41, 5.74) is 6.94. The Bertz CT molecular complexity index is 470. The minimum Gasteiger partial charge on any atom is -0.356 e. The molecule has 0 aliphatic carbocycles. The molecular weight excluding hydrogens is 266 g/mol. The number of nitrogens with zero attached hydrogens (tertiary/aromatic N) is 1. The molecule has 1 aromatic rings. The van der Waals surface area contributed by atoms with E-state index in [2.05, 4.69) is 5.32 Å². The monoisotopic (exact) mass is 289 g/mol. The lowest BCUT2D eigenvalue weighted by Crippen LogP contribution is -2.33. The first-order chi connectivity index (χ1) is 10.2. The molecule has 21 heavy (non-hydrogen) atoms. The van der Waals surface area contributed by atoms with Crippen LogP contribution in [0.4, 0.5) is 0 Å². The topological polar surface area (TPSA) is 75.4 Å². The average Bonchev–Trinajstić information content (AvgIpc) is 3.02. The zero-order valence-electron chi connectivity index (χ0n) is 12.3. The van der Waals surface area contributed by atoms with Gasteiger partial charge in [0.1, 0.15) is 0 Å². The molecule has 1 unspecified atom stereocenters. The van der Waals surface area contributed by atoms with E-state index >= 15 is 0 Å². The van der Waals surface area contributed by atoms with Crippen LogP contribution in [0.25, 0.3) is 0 Å². The summed E-state index contributed by atoms with van der Waals surface area (Å²) in [5.74, 6) is 0.0146. The van der Waals surface area contributed by atoms with E-state index in [0.29, 0.717) is 13.0 Å². The molecule has 1 fully saturated rings. The largest absolute Gasteiger partial charge is 0.356 e. The van der Waals surface area contributed by atoms with E-state index in [1.54, 1.807) is 0 Å². The van der Waals surface area contributed by atoms with Crippen molar-refractivity contribution in [2.45, 2.75) is 31.7 Å². The number of carbonyl (C=O) groups excluding carboxylic acids is 2. The van der Waals surface area contributed by atoms with Crippen molar-refractivity contribution >= 4 is 11.8 Å². The van der Waals surface area contributed by atoms with E-state index in [0.717, 1.165) is 31.5 Å². The summed E-state index contributed by atoms with van der Waals surface area (Å²) in [5, 5.41) is 2.77. The maximum absolute atomic E-state index is 11.8. The van der Waals surface area contributed by atoms with Gasteiger partial charge >= 0.3 is 0 Å². The molecule has 0 aromatic heterocycles. The number of carbonyl (C=O) groups is 2. The van der Waals surface area contributed by atoms with Gasteiger partial charge in [0.05, 0.1) is 0 Å². The molecule has 5 heteroatoms. The lowest BCUT2D eigenvalue weighted by atomic mass is 10.0. The van der Waals surface area contributed by atoms with Gasteiger partial charge in [-0.15, -0.1) is 0 Å². The quantitative estimate of drug-likeness (QED) is 0.826. The maximum Gasteiger partial charge on any atom is 0.224 e. The summed E-state index contributed by atoms with van der Waals surface area (Å²) in [6.45, 7) is 2.09. The second-order valence-corrected chi connectivity index (χ2v) is 5.41. The van der Waals surface area contributed by atoms with Gasteiger partial charge in [-0.05, 0) is 18.4 Å². The zero-order valence-corrected chi connectivity index (χ0v) is 12.3. The molecule has 1 aliphatic heterocycles. The molecule has 0 spiro atoms. The highest BCUT2D eigenvalue weighted by atomic mass is 16.2. The van der Waals surface area contributed by atoms with Gasteiger partial charge in [0.25, 0.3) is 0 Å². The molecule has 1 aromatic carbocycles. The van der Waals surface area contributed by atoms with Crippen LogP contribution < -0.4 is 11.1 Å². The number of rotatable bonds is 6. The van der Waals surface area contributed by atoms with Gasteiger partial charge in [-0.25, -0.2) is 0 Å². The Hall–Kier alpha value is -1.88. The first-order valence-corrected chi connectivity index (χ1v) is 7.52. The molecule has 0 saturated carbocycles. The van der Waals surface area contributed by atoms with E-state index in [9.17, 15) is 9.59 Å². The molecule has 1 aliphatic rings. The fourth-order valence-electron chi connectivity index (χ4n) is 2.52. The fourth-order valence-corrected chi connectivity index (χ4v) is 2.52. The third-order valence-corrected chi connectivity index (χ3v) is 3.75. The molecule has 0 radical (unpaired) electrons. The minimum absolute atomic E-state index is 0.111. The van der Waals surface area contributed by atoms with Crippen molar-refractivity contribution in [2.75, 3.05) is 19.6 Å². The summed E-state index contributed by atoms with van der Waals surface area (Å²) in [6.07, 6.45) is 2.78. The highest BCUT2D eigenvalue weighted by molar-refractivity contribution is 5.79. The first kappa shape index (κ1) is 15.5. The third kappa shape index (κ3) is 4.86. The Morgan fingerprint density at radius 2 is 1.86 bits per heavy atom. The van der Waals surface area contributed by atoms with Crippen molar-refractivity contribution in [3.63, 3.8) is 0 Å². The molecular formula is C16H23N3O2. The van der Waals surface area contributed by atoms with Crippen LogP contribution in [0.2, 0.25) is 0 Å². The predicted molar refractivity (Wildman–Crippen MR) is 81.4 cm³/mol. The third-order valence-electron chi connectivity index (χ3n) is 3.75. The van der Waals surface area contributed by atoms with Gasteiger partial charge in [-0.2, -0.15) is 0 Å². The number of likely N-dealkylation sites (tertiary alicyclic amines) is 1. The molecule has 1 heterocycles. The molecule has 2 amide bonds. The molecule has 1 saturated heterocycles. The average molecular weight is 289 g/mol. The van der Waals surface area contributed by atoms with Gasteiger partial charge in [0.2, 0.25) is 11.8 Å². The predicted octanol–water partition coefficient (Wildman–Crippen LogP) is 1.21. The van der Waals surface area contributed by atoms with Crippen LogP contribution in [0.15, 0.2) is 30.3 Å². The molecule has 5 nitrogen and oxygen atoms in total. The van der Waals surface area contributed by atoms with Gasteiger partial charge < -0.3 is 16.0 Å². The van der Waals surface area contributed by atoms with Crippen LogP contribution in [0, 0.1) is 0 Å². The number of hydrogen-bond acceptors (Lipinski definition) is 3. The highest BCUT2D eigenvalue weighted by Gasteiger charge is 2.17. The smallest absolute Gasteiger partial charge is 0.224 e. The maximum atomic E-state index is 11.8. The van der Waals surface area contributed by atoms with Crippen LogP contribution in [0.3, 0.4) is 0 Å². The van der Waals surface area contributed by atoms with E-state index in [-0.39, 0.29) is 24.3 Å². The van der Waals surface area contributed by atoms with Crippen LogP contribution in [-0.2, 0) is 9.59 Å². The van der Waals surface area contributed by atoms with Crippen LogP contribution in [-0.4, -0.2) is 36.3 Å². The molecule has 1 atom stereocenters. The van der Waals surface area contributed by atoms with Crippen molar-refractivity contribution in [3.8, 4) is 0 Å². The van der Waals surface area contributed by atoms with Gasteiger partial charge in [-0.3, -0.25) is 9.59 Å². The summed E-state index contributed by atoms with van der Waals surface area (Å²) >= 11 is 0. The standard InChI is InChI=1S/C16H23N3O2/c17-14(13-6-2-1-3-7-13)12-15(20)18-9-8-16(21)19-10-4-5-11-19/h1-3,6-7,14H,4-5,8-12,17H2,(H,18,20). The Morgan fingerprint density at radius 1 is 1.19 bits per heavy atom. The number of nitrogens with one attached hydrogen (secondary N) is 1. The van der Waals surface area contributed by atoms with Crippen LogP contribution >= 0.6 is 0 Å². The summed E-state index contributed by atoms with van der Waals surface area (Å²) in [6, 6.07) is 9.24. The van der Waals surface area contributed by atoms with Gasteiger partial charge in [-0.1, -0.05) is 30.3 Å². The van der Waals surface area contributed by atoms with Gasteiger partial charge in [0, 0.05) is 38.5 Å². The van der Waals surface area contributed by atoms with Crippen LogP contribution in [0.5, 0.6) is 0 Å². The van der Waals surface area contributed by atoms with Crippen molar-refractivity contribution in [3.05, 3.63) is 35.9 Å². The Balaban J connectivity index is 1.66.